The van der Waals surface area contributed by atoms with E-state index in [9.17, 15) is 10.1 Å². The number of hydrogen-bond donors (Lipinski definition) is 0. The van der Waals surface area contributed by atoms with Crippen molar-refractivity contribution in [1.29, 1.82) is 0 Å². The molecule has 2 aromatic rings. The molecule has 0 fully saturated rings. The van der Waals surface area contributed by atoms with Crippen LogP contribution in [0.1, 0.15) is 0 Å². The largest absolute Gasteiger partial charge is 0.269 e. The van der Waals surface area contributed by atoms with Gasteiger partial charge in [0, 0.05) is 17.7 Å². The predicted octanol–water partition coefficient (Wildman–Crippen LogP) is 4.85. The number of nitro benzene ring substituents is 1. The van der Waals surface area contributed by atoms with Crippen LogP contribution in [0.3, 0.4) is 0 Å². The Labute approximate surface area is 113 Å². The molecule has 6 heteroatoms. The van der Waals surface area contributed by atoms with Gasteiger partial charge in [-0.05, 0) is 55.6 Å². The highest BCUT2D eigenvalue weighted by atomic mass is 79.9. The summed E-state index contributed by atoms with van der Waals surface area (Å²) < 4.78 is 2.03. The predicted molar refractivity (Wildman–Crippen MR) is 71.8 cm³/mol. The third-order valence-electron chi connectivity index (χ3n) is 2.05. The normalized spacial score (nSPS) is 10.4. The first-order valence-electron chi connectivity index (χ1n) is 4.27. The maximum atomic E-state index is 10.5. The Kier molecular flexibility index (Phi) is 3.41. The standard InChI is InChI=1S/C10H5Br2NO2S/c11-9-5-8(10(12)16-9)6-1-3-7(4-2-6)13(14)15/h1-5H. The highest BCUT2D eigenvalue weighted by molar-refractivity contribution is 9.12. The second-order valence-electron chi connectivity index (χ2n) is 3.04. The van der Waals surface area contributed by atoms with E-state index in [-0.39, 0.29) is 5.69 Å². The van der Waals surface area contributed by atoms with Gasteiger partial charge in [-0.15, -0.1) is 11.3 Å². The second kappa shape index (κ2) is 4.65. The number of hydrogen-bond acceptors (Lipinski definition) is 3. The van der Waals surface area contributed by atoms with Gasteiger partial charge < -0.3 is 0 Å². The summed E-state index contributed by atoms with van der Waals surface area (Å²) in [6.07, 6.45) is 0. The molecule has 0 spiro atoms. The maximum Gasteiger partial charge on any atom is 0.269 e. The molecule has 0 saturated heterocycles. The molecule has 0 unspecified atom stereocenters. The van der Waals surface area contributed by atoms with Crippen LogP contribution in [0.2, 0.25) is 0 Å². The molecular formula is C10H5Br2NO2S. The Morgan fingerprint density at radius 2 is 1.81 bits per heavy atom. The minimum absolute atomic E-state index is 0.106. The Morgan fingerprint density at radius 1 is 1.19 bits per heavy atom. The van der Waals surface area contributed by atoms with Gasteiger partial charge in [-0.2, -0.15) is 0 Å². The van der Waals surface area contributed by atoms with Gasteiger partial charge in [0.2, 0.25) is 0 Å². The van der Waals surface area contributed by atoms with Gasteiger partial charge in [0.25, 0.3) is 5.69 Å². The zero-order valence-electron chi connectivity index (χ0n) is 7.81. The molecule has 1 aromatic heterocycles. The monoisotopic (exact) mass is 361 g/mol. The van der Waals surface area contributed by atoms with Crippen LogP contribution in [0.15, 0.2) is 37.9 Å². The highest BCUT2D eigenvalue weighted by Gasteiger charge is 2.09. The summed E-state index contributed by atoms with van der Waals surface area (Å²) in [7, 11) is 0. The van der Waals surface area contributed by atoms with Crippen LogP contribution < -0.4 is 0 Å². The molecule has 0 aliphatic rings. The van der Waals surface area contributed by atoms with Crippen molar-refractivity contribution in [2.75, 3.05) is 0 Å². The van der Waals surface area contributed by atoms with E-state index in [0.717, 1.165) is 18.7 Å². The summed E-state index contributed by atoms with van der Waals surface area (Å²) >= 11 is 8.43. The number of nitro groups is 1. The summed E-state index contributed by atoms with van der Waals surface area (Å²) in [5, 5.41) is 10.5. The average Bonchev–Trinajstić information content (AvgIpc) is 2.58. The van der Waals surface area contributed by atoms with Crippen LogP contribution in [0.4, 0.5) is 5.69 Å². The smallest absolute Gasteiger partial charge is 0.258 e. The lowest BCUT2D eigenvalue weighted by atomic mass is 10.1. The number of nitrogens with zero attached hydrogens (tertiary/aromatic N) is 1. The molecule has 0 atom stereocenters. The van der Waals surface area contributed by atoms with Crippen LogP contribution in [-0.2, 0) is 0 Å². The summed E-state index contributed by atoms with van der Waals surface area (Å²) in [5.41, 5.74) is 2.10. The third-order valence-corrected chi connectivity index (χ3v) is 4.39. The van der Waals surface area contributed by atoms with Gasteiger partial charge in [-0.3, -0.25) is 10.1 Å². The number of halogens is 2. The van der Waals surface area contributed by atoms with Crippen LogP contribution in [0, 0.1) is 10.1 Å². The molecule has 0 aliphatic heterocycles. The first-order valence-corrected chi connectivity index (χ1v) is 6.68. The molecule has 0 aliphatic carbocycles. The fourth-order valence-corrected chi connectivity index (χ4v) is 4.17. The van der Waals surface area contributed by atoms with E-state index in [1.807, 2.05) is 6.07 Å². The van der Waals surface area contributed by atoms with E-state index in [1.54, 1.807) is 23.5 Å². The fourth-order valence-electron chi connectivity index (χ4n) is 1.30. The lowest BCUT2D eigenvalue weighted by molar-refractivity contribution is -0.384. The minimum atomic E-state index is -0.400. The van der Waals surface area contributed by atoms with Crippen LogP contribution in [0.25, 0.3) is 11.1 Å². The summed E-state index contributed by atoms with van der Waals surface area (Å²) in [6, 6.07) is 8.49. The van der Waals surface area contributed by atoms with Crippen molar-refractivity contribution in [2.24, 2.45) is 0 Å². The topological polar surface area (TPSA) is 43.1 Å². The fraction of sp³-hybridized carbons (Fsp3) is 0. The number of thiophene rings is 1. The van der Waals surface area contributed by atoms with Gasteiger partial charge in [0.1, 0.15) is 0 Å². The first-order chi connectivity index (χ1) is 7.58. The zero-order chi connectivity index (χ0) is 11.7. The molecule has 0 bridgehead atoms. The van der Waals surface area contributed by atoms with Crippen molar-refractivity contribution in [3.05, 3.63) is 48.0 Å². The number of benzene rings is 1. The summed E-state index contributed by atoms with van der Waals surface area (Å²) in [5.74, 6) is 0. The molecule has 82 valence electrons. The molecular weight excluding hydrogens is 358 g/mol. The van der Waals surface area contributed by atoms with E-state index in [4.69, 9.17) is 0 Å². The molecule has 0 saturated carbocycles. The van der Waals surface area contributed by atoms with Gasteiger partial charge in [-0.1, -0.05) is 0 Å². The maximum absolute atomic E-state index is 10.5. The molecule has 1 aromatic carbocycles. The Bertz CT molecular complexity index is 536. The number of non-ortho nitro benzene ring substituents is 1. The van der Waals surface area contributed by atoms with E-state index >= 15 is 0 Å². The summed E-state index contributed by atoms with van der Waals surface area (Å²) in [6.45, 7) is 0. The molecule has 1 heterocycles. The number of rotatable bonds is 2. The van der Waals surface area contributed by atoms with E-state index in [2.05, 4.69) is 31.9 Å². The van der Waals surface area contributed by atoms with Crippen LogP contribution in [0.5, 0.6) is 0 Å². The minimum Gasteiger partial charge on any atom is -0.258 e. The van der Waals surface area contributed by atoms with Crippen LogP contribution >= 0.6 is 43.2 Å². The van der Waals surface area contributed by atoms with Gasteiger partial charge in [0.05, 0.1) is 12.5 Å². The van der Waals surface area contributed by atoms with Crippen molar-refractivity contribution < 1.29 is 4.92 Å². The van der Waals surface area contributed by atoms with E-state index in [1.165, 1.54) is 12.1 Å². The first kappa shape index (κ1) is 11.8. The molecule has 3 nitrogen and oxygen atoms in total. The van der Waals surface area contributed by atoms with E-state index in [0.29, 0.717) is 0 Å². The van der Waals surface area contributed by atoms with Gasteiger partial charge in [-0.25, -0.2) is 0 Å². The second-order valence-corrected chi connectivity index (χ2v) is 6.79. The molecule has 0 amide bonds. The molecule has 0 N–H and O–H groups in total. The quantitative estimate of drug-likeness (QED) is 0.566. The average molecular weight is 363 g/mol. The lowest BCUT2D eigenvalue weighted by Gasteiger charge is -1.98. The van der Waals surface area contributed by atoms with Crippen molar-refractivity contribution in [2.45, 2.75) is 0 Å². The Morgan fingerprint density at radius 3 is 2.25 bits per heavy atom. The van der Waals surface area contributed by atoms with Crippen LogP contribution in [-0.4, -0.2) is 4.92 Å². The Balaban J connectivity index is 2.42. The lowest BCUT2D eigenvalue weighted by Crippen LogP contribution is -1.86. The highest BCUT2D eigenvalue weighted by Crippen LogP contribution is 2.38. The third kappa shape index (κ3) is 2.34. The molecule has 16 heavy (non-hydrogen) atoms. The van der Waals surface area contributed by atoms with Crippen molar-refractivity contribution >= 4 is 48.9 Å². The van der Waals surface area contributed by atoms with Gasteiger partial charge >= 0.3 is 0 Å². The van der Waals surface area contributed by atoms with Crippen molar-refractivity contribution in [1.82, 2.24) is 0 Å². The Hall–Kier alpha value is -0.720. The van der Waals surface area contributed by atoms with Crippen molar-refractivity contribution in [3.8, 4) is 11.1 Å². The van der Waals surface area contributed by atoms with E-state index < -0.39 is 4.92 Å². The SMILES string of the molecule is O=[N+]([O-])c1ccc(-c2cc(Br)sc2Br)cc1. The summed E-state index contributed by atoms with van der Waals surface area (Å²) in [4.78, 5) is 10.1. The van der Waals surface area contributed by atoms with Gasteiger partial charge in [0.15, 0.2) is 0 Å². The molecule has 2 rings (SSSR count). The van der Waals surface area contributed by atoms with Crippen molar-refractivity contribution in [3.63, 3.8) is 0 Å². The molecule has 0 radical (unpaired) electrons. The zero-order valence-corrected chi connectivity index (χ0v) is 11.8.